The van der Waals surface area contributed by atoms with Crippen LogP contribution in [0.3, 0.4) is 0 Å². The zero-order valence-electron chi connectivity index (χ0n) is 21.4. The van der Waals surface area contributed by atoms with Crippen LogP contribution in [0.25, 0.3) is 11.1 Å². The summed E-state index contributed by atoms with van der Waals surface area (Å²) in [5.74, 6) is -0.332. The summed E-state index contributed by atoms with van der Waals surface area (Å²) in [7, 11) is 0. The van der Waals surface area contributed by atoms with Gasteiger partial charge in [0.1, 0.15) is 5.71 Å². The molecule has 0 aromatic heterocycles. The summed E-state index contributed by atoms with van der Waals surface area (Å²) in [4.78, 5) is 28.7. The van der Waals surface area contributed by atoms with Crippen molar-refractivity contribution in [3.05, 3.63) is 98.6 Å². The molecule has 192 valence electrons. The Morgan fingerprint density at radius 1 is 1.00 bits per heavy atom. The fraction of sp³-hybridized carbons (Fsp3) is 0.333. The van der Waals surface area contributed by atoms with Gasteiger partial charge in [0, 0.05) is 34.6 Å². The summed E-state index contributed by atoms with van der Waals surface area (Å²) in [6.07, 6.45) is 3.67. The number of oxime groups is 1. The Bertz CT molecular complexity index is 1360. The third-order valence-corrected chi connectivity index (χ3v) is 7.31. The molecule has 4 rings (SSSR count). The zero-order valence-corrected chi connectivity index (χ0v) is 22.2. The van der Waals surface area contributed by atoms with Crippen LogP contribution >= 0.6 is 11.6 Å². The third kappa shape index (κ3) is 5.03. The first-order valence-corrected chi connectivity index (χ1v) is 13.2. The lowest BCUT2D eigenvalue weighted by Crippen LogP contribution is -2.25. The Kier molecular flexibility index (Phi) is 8.08. The smallest absolute Gasteiger partial charge is 0.318 e. The van der Waals surface area contributed by atoms with Crippen LogP contribution in [-0.4, -0.2) is 22.5 Å². The molecule has 37 heavy (non-hydrogen) atoms. The van der Waals surface area contributed by atoms with Gasteiger partial charge in [-0.15, -0.1) is 11.6 Å². The molecule has 0 saturated heterocycles. The number of halogens is 1. The highest BCUT2D eigenvalue weighted by atomic mass is 35.5. The minimum atomic E-state index is -0.492. The Balaban J connectivity index is 1.93. The maximum atomic E-state index is 12.1. The van der Waals surface area contributed by atoms with Gasteiger partial charge >= 0.3 is 5.97 Å². The van der Waals surface area contributed by atoms with Crippen molar-refractivity contribution in [2.75, 3.05) is 5.88 Å². The molecule has 1 aliphatic rings. The number of benzene rings is 3. The fourth-order valence-corrected chi connectivity index (χ4v) is 5.73. The van der Waals surface area contributed by atoms with E-state index in [0.29, 0.717) is 5.71 Å². The molecule has 0 amide bonds. The van der Waals surface area contributed by atoms with Crippen molar-refractivity contribution in [3.63, 3.8) is 0 Å². The quantitative estimate of drug-likeness (QED) is 0.0905. The van der Waals surface area contributed by atoms with Crippen molar-refractivity contribution >= 4 is 29.0 Å². The molecule has 0 bridgehead atoms. The second-order valence-corrected chi connectivity index (χ2v) is 9.86. The lowest BCUT2D eigenvalue weighted by molar-refractivity contribution is -0.384. The van der Waals surface area contributed by atoms with E-state index in [1.807, 2.05) is 43.3 Å². The van der Waals surface area contributed by atoms with E-state index >= 15 is 0 Å². The molecule has 0 fully saturated rings. The summed E-state index contributed by atoms with van der Waals surface area (Å²) in [6.45, 7) is 6.28. The maximum Gasteiger partial charge on any atom is 0.336 e. The maximum absolute atomic E-state index is 12.1. The number of rotatable bonds is 10. The average molecular weight is 519 g/mol. The molecule has 3 aromatic rings. The first-order chi connectivity index (χ1) is 17.9. The monoisotopic (exact) mass is 518 g/mol. The molecular formula is C30H31ClN2O4. The Morgan fingerprint density at radius 3 is 2.27 bits per heavy atom. The van der Waals surface area contributed by atoms with Crippen molar-refractivity contribution in [1.29, 1.82) is 0 Å². The molecule has 3 aromatic carbocycles. The number of carbonyl (C=O) groups excluding carboxylic acids is 1. The van der Waals surface area contributed by atoms with Gasteiger partial charge in [-0.2, -0.15) is 0 Å². The van der Waals surface area contributed by atoms with Gasteiger partial charge in [0.2, 0.25) is 0 Å². The van der Waals surface area contributed by atoms with Crippen LogP contribution in [0.2, 0.25) is 0 Å². The third-order valence-electron chi connectivity index (χ3n) is 7.12. The van der Waals surface area contributed by atoms with E-state index in [2.05, 4.69) is 31.1 Å². The van der Waals surface area contributed by atoms with Crippen molar-refractivity contribution in [1.82, 2.24) is 0 Å². The topological polar surface area (TPSA) is 81.8 Å². The minimum absolute atomic E-state index is 0.0699. The van der Waals surface area contributed by atoms with Gasteiger partial charge in [0.05, 0.1) is 11.3 Å². The largest absolute Gasteiger partial charge is 0.336 e. The number of hydrogen-bond donors (Lipinski definition) is 0. The minimum Gasteiger partial charge on any atom is -0.318 e. The Labute approximate surface area is 222 Å². The van der Waals surface area contributed by atoms with Gasteiger partial charge in [-0.25, -0.2) is 4.79 Å². The van der Waals surface area contributed by atoms with E-state index < -0.39 is 5.97 Å². The van der Waals surface area contributed by atoms with Gasteiger partial charge in [-0.3, -0.25) is 10.1 Å². The summed E-state index contributed by atoms with van der Waals surface area (Å²) in [5.41, 5.74) is 7.29. The molecule has 0 heterocycles. The summed E-state index contributed by atoms with van der Waals surface area (Å²) < 4.78 is 0. The number of nitrogens with zero attached hydrogens (tertiary/aromatic N) is 2. The molecule has 0 saturated carbocycles. The van der Waals surface area contributed by atoms with Crippen molar-refractivity contribution in [3.8, 4) is 11.1 Å². The van der Waals surface area contributed by atoms with E-state index in [9.17, 15) is 14.9 Å². The highest BCUT2D eigenvalue weighted by molar-refractivity contribution is 6.18. The van der Waals surface area contributed by atoms with Gasteiger partial charge in [0.15, 0.2) is 0 Å². The first-order valence-electron chi connectivity index (χ1n) is 12.7. The van der Waals surface area contributed by atoms with Crippen molar-refractivity contribution in [2.24, 2.45) is 5.16 Å². The molecule has 0 aliphatic heterocycles. The normalized spacial score (nSPS) is 13.7. The number of nitro benzene ring substituents is 1. The SMILES string of the molecule is CCCC1(CCC)c2cc(/C(=N/OC(=O)CCCl)c3ccccc3C)ccc2-c2ccc([N+](=O)[O-])cc21. The van der Waals surface area contributed by atoms with E-state index in [4.69, 9.17) is 16.4 Å². The standard InChI is InChI=1S/C30H31ClN2O4/c1-4-15-30(16-5-2)26-18-21(10-12-24(26)25-13-11-22(33(35)36)19-27(25)30)29(32-37-28(34)14-17-31)23-9-7-6-8-20(23)3/h6-13,18-19H,4-5,14-17H2,1-3H3/b32-29-. The van der Waals surface area contributed by atoms with Crippen LogP contribution in [-0.2, 0) is 15.0 Å². The van der Waals surface area contributed by atoms with Gasteiger partial charge < -0.3 is 4.84 Å². The first kappa shape index (κ1) is 26.6. The van der Waals surface area contributed by atoms with Gasteiger partial charge in [0.25, 0.3) is 5.69 Å². The van der Waals surface area contributed by atoms with Crippen LogP contribution in [0.1, 0.15) is 73.8 Å². The van der Waals surface area contributed by atoms with E-state index in [1.165, 1.54) is 0 Å². The molecule has 0 radical (unpaired) electrons. The zero-order chi connectivity index (χ0) is 26.6. The van der Waals surface area contributed by atoms with Crippen LogP contribution in [0.4, 0.5) is 5.69 Å². The Morgan fingerprint density at radius 2 is 1.65 bits per heavy atom. The molecular weight excluding hydrogens is 488 g/mol. The van der Waals surface area contributed by atoms with Crippen LogP contribution in [0.5, 0.6) is 0 Å². The number of aryl methyl sites for hydroxylation is 1. The predicted molar refractivity (Wildman–Crippen MR) is 147 cm³/mol. The molecule has 0 N–H and O–H groups in total. The Hall–Kier alpha value is -3.51. The molecule has 0 unspecified atom stereocenters. The second kappa shape index (κ2) is 11.3. The lowest BCUT2D eigenvalue weighted by atomic mass is 9.71. The van der Waals surface area contributed by atoms with Gasteiger partial charge in [-0.1, -0.05) is 68.2 Å². The highest BCUT2D eigenvalue weighted by Gasteiger charge is 2.43. The average Bonchev–Trinajstić information content (AvgIpc) is 3.14. The number of alkyl halides is 1. The number of fused-ring (bicyclic) bond motifs is 3. The fourth-order valence-electron chi connectivity index (χ4n) is 5.58. The van der Waals surface area contributed by atoms with E-state index in [0.717, 1.165) is 64.6 Å². The van der Waals surface area contributed by atoms with Crippen molar-refractivity contribution in [2.45, 2.75) is 58.3 Å². The lowest BCUT2D eigenvalue weighted by Gasteiger charge is -2.32. The number of carbonyl (C=O) groups is 1. The molecule has 6 nitrogen and oxygen atoms in total. The number of nitro groups is 1. The number of non-ortho nitro benzene ring substituents is 1. The highest BCUT2D eigenvalue weighted by Crippen LogP contribution is 2.54. The van der Waals surface area contributed by atoms with Crippen LogP contribution < -0.4 is 0 Å². The second-order valence-electron chi connectivity index (χ2n) is 9.49. The molecule has 1 aliphatic carbocycles. The summed E-state index contributed by atoms with van der Waals surface area (Å²) >= 11 is 5.71. The molecule has 0 spiro atoms. The number of hydrogen-bond acceptors (Lipinski definition) is 5. The summed E-state index contributed by atoms with van der Waals surface area (Å²) in [6, 6.07) is 19.2. The van der Waals surface area contributed by atoms with Crippen molar-refractivity contribution < 1.29 is 14.6 Å². The van der Waals surface area contributed by atoms with Crippen LogP contribution in [0.15, 0.2) is 65.8 Å². The predicted octanol–water partition coefficient (Wildman–Crippen LogP) is 7.69. The van der Waals surface area contributed by atoms with Crippen LogP contribution in [0, 0.1) is 17.0 Å². The van der Waals surface area contributed by atoms with E-state index in [-0.39, 0.29) is 28.3 Å². The van der Waals surface area contributed by atoms with Gasteiger partial charge in [-0.05, 0) is 59.7 Å². The summed E-state index contributed by atoms with van der Waals surface area (Å²) in [5, 5.41) is 16.0. The molecule has 0 atom stereocenters. The molecule has 7 heteroatoms. The van der Waals surface area contributed by atoms with E-state index in [1.54, 1.807) is 12.1 Å².